The average molecular weight is 326 g/mol. The number of ether oxygens (including phenoxy) is 1. The van der Waals surface area contributed by atoms with Crippen molar-refractivity contribution in [2.24, 2.45) is 0 Å². The van der Waals surface area contributed by atoms with Crippen molar-refractivity contribution >= 4 is 23.4 Å². The molecule has 6 heteroatoms. The molecule has 0 saturated carbocycles. The van der Waals surface area contributed by atoms with Gasteiger partial charge in [-0.1, -0.05) is 11.6 Å². The molecule has 0 atom stereocenters. The van der Waals surface area contributed by atoms with Crippen LogP contribution < -0.4 is 11.1 Å². The maximum absolute atomic E-state index is 11.6. The van der Waals surface area contributed by atoms with E-state index >= 15 is 0 Å². The lowest BCUT2D eigenvalue weighted by molar-refractivity contribution is 0.0521. The smallest absolute Gasteiger partial charge is 0.407 e. The maximum Gasteiger partial charge on any atom is 0.407 e. The minimum Gasteiger partial charge on any atom is -0.444 e. The van der Waals surface area contributed by atoms with Crippen molar-refractivity contribution in [2.45, 2.75) is 39.3 Å². The number of halogens is 1. The second kappa shape index (κ2) is 6.75. The second-order valence-corrected chi connectivity index (χ2v) is 7.02. The largest absolute Gasteiger partial charge is 0.444 e. The van der Waals surface area contributed by atoms with Crippen LogP contribution in [0.2, 0.25) is 5.02 Å². The Labute approximate surface area is 136 Å². The third kappa shape index (κ3) is 4.78. The van der Waals surface area contributed by atoms with Gasteiger partial charge >= 0.3 is 6.09 Å². The zero-order valence-electron chi connectivity index (χ0n) is 13.4. The molecule has 2 rings (SSSR count). The molecule has 1 aromatic rings. The molecule has 22 heavy (non-hydrogen) atoms. The van der Waals surface area contributed by atoms with Gasteiger partial charge in [-0.2, -0.15) is 0 Å². The van der Waals surface area contributed by atoms with Crippen LogP contribution in [0.5, 0.6) is 0 Å². The molecule has 0 aromatic heterocycles. The standard InChI is InChI=1S/C16H24ClN3O2/c1-16(2,3)22-15(21)19-5-7-20-6-4-13-11(10-20)8-12(17)9-14(13)18/h8-9H,4-7,10,18H2,1-3H3,(H,19,21). The zero-order valence-corrected chi connectivity index (χ0v) is 14.2. The summed E-state index contributed by atoms with van der Waals surface area (Å²) in [6.07, 6.45) is 0.530. The summed E-state index contributed by atoms with van der Waals surface area (Å²) in [6, 6.07) is 3.78. The summed E-state index contributed by atoms with van der Waals surface area (Å²) in [7, 11) is 0. The number of carbonyl (C=O) groups is 1. The Bertz CT molecular complexity index is 555. The molecular formula is C16H24ClN3O2. The van der Waals surface area contributed by atoms with Gasteiger partial charge in [0.15, 0.2) is 0 Å². The highest BCUT2D eigenvalue weighted by Crippen LogP contribution is 2.27. The fraction of sp³-hybridized carbons (Fsp3) is 0.562. The molecule has 122 valence electrons. The predicted octanol–water partition coefficient (Wildman–Crippen LogP) is 2.81. The lowest BCUT2D eigenvalue weighted by Gasteiger charge is -2.29. The Morgan fingerprint density at radius 1 is 1.45 bits per heavy atom. The molecule has 0 unspecified atom stereocenters. The van der Waals surface area contributed by atoms with Gasteiger partial charge in [0.25, 0.3) is 0 Å². The predicted molar refractivity (Wildman–Crippen MR) is 89.1 cm³/mol. The highest BCUT2D eigenvalue weighted by molar-refractivity contribution is 6.31. The number of fused-ring (bicyclic) bond motifs is 1. The summed E-state index contributed by atoms with van der Waals surface area (Å²) in [5.41, 5.74) is 8.68. The number of amides is 1. The quantitative estimate of drug-likeness (QED) is 0.839. The molecule has 0 aliphatic carbocycles. The van der Waals surface area contributed by atoms with Crippen molar-refractivity contribution in [1.29, 1.82) is 0 Å². The molecular weight excluding hydrogens is 302 g/mol. The van der Waals surface area contributed by atoms with Gasteiger partial charge in [0.1, 0.15) is 5.60 Å². The van der Waals surface area contributed by atoms with Crippen molar-refractivity contribution in [3.05, 3.63) is 28.3 Å². The normalized spacial score (nSPS) is 15.3. The first-order chi connectivity index (χ1) is 10.2. The van der Waals surface area contributed by atoms with Crippen molar-refractivity contribution in [2.75, 3.05) is 25.4 Å². The second-order valence-electron chi connectivity index (χ2n) is 6.59. The van der Waals surface area contributed by atoms with Gasteiger partial charge in [0.05, 0.1) is 0 Å². The number of hydrogen-bond donors (Lipinski definition) is 2. The molecule has 0 saturated heterocycles. The molecule has 0 spiro atoms. The Kier molecular flexibility index (Phi) is 5.19. The van der Waals surface area contributed by atoms with E-state index in [-0.39, 0.29) is 6.09 Å². The van der Waals surface area contributed by atoms with E-state index in [1.165, 1.54) is 11.1 Å². The van der Waals surface area contributed by atoms with Gasteiger partial charge < -0.3 is 15.8 Å². The lowest BCUT2D eigenvalue weighted by Crippen LogP contribution is -2.39. The lowest BCUT2D eigenvalue weighted by atomic mass is 9.98. The highest BCUT2D eigenvalue weighted by atomic mass is 35.5. The van der Waals surface area contributed by atoms with Crippen molar-refractivity contribution in [3.63, 3.8) is 0 Å². The number of rotatable bonds is 3. The van der Waals surface area contributed by atoms with Crippen LogP contribution in [-0.4, -0.2) is 36.2 Å². The first-order valence-corrected chi connectivity index (χ1v) is 7.88. The van der Waals surface area contributed by atoms with E-state index in [1.54, 1.807) is 6.07 Å². The van der Waals surface area contributed by atoms with E-state index in [1.807, 2.05) is 26.8 Å². The number of anilines is 1. The molecule has 1 aliphatic heterocycles. The zero-order chi connectivity index (χ0) is 16.3. The fourth-order valence-electron chi connectivity index (χ4n) is 2.57. The monoisotopic (exact) mass is 325 g/mol. The van der Waals surface area contributed by atoms with Gasteiger partial charge in [0.2, 0.25) is 0 Å². The SMILES string of the molecule is CC(C)(C)OC(=O)NCCN1CCc2c(N)cc(Cl)cc2C1. The van der Waals surface area contributed by atoms with Crippen molar-refractivity contribution < 1.29 is 9.53 Å². The maximum atomic E-state index is 11.6. The van der Waals surface area contributed by atoms with Crippen LogP contribution in [0.15, 0.2) is 12.1 Å². The van der Waals surface area contributed by atoms with Gasteiger partial charge in [-0.25, -0.2) is 4.79 Å². The van der Waals surface area contributed by atoms with Gasteiger partial charge in [-0.3, -0.25) is 4.90 Å². The summed E-state index contributed by atoms with van der Waals surface area (Å²) in [5, 5.41) is 3.45. The third-order valence-electron chi connectivity index (χ3n) is 3.51. The summed E-state index contributed by atoms with van der Waals surface area (Å²) in [6.45, 7) is 8.60. The number of nitrogens with two attached hydrogens (primary N) is 1. The number of nitrogens with one attached hydrogen (secondary N) is 1. The molecule has 5 nitrogen and oxygen atoms in total. The number of carbonyl (C=O) groups excluding carboxylic acids is 1. The Morgan fingerprint density at radius 3 is 2.86 bits per heavy atom. The molecule has 0 fully saturated rings. The van der Waals surface area contributed by atoms with Gasteiger partial charge in [-0.05, 0) is 50.5 Å². The van der Waals surface area contributed by atoms with Gasteiger partial charge in [0, 0.05) is 36.9 Å². The van der Waals surface area contributed by atoms with E-state index < -0.39 is 5.60 Å². The highest BCUT2D eigenvalue weighted by Gasteiger charge is 2.19. The minimum absolute atomic E-state index is 0.378. The molecule has 1 aliphatic rings. The van der Waals surface area contributed by atoms with Crippen LogP contribution in [0.25, 0.3) is 0 Å². The number of hydrogen-bond acceptors (Lipinski definition) is 4. The van der Waals surface area contributed by atoms with E-state index in [0.29, 0.717) is 11.6 Å². The fourth-order valence-corrected chi connectivity index (χ4v) is 2.82. The van der Waals surface area contributed by atoms with E-state index in [0.717, 1.165) is 31.7 Å². The summed E-state index contributed by atoms with van der Waals surface area (Å²) in [4.78, 5) is 13.9. The molecule has 1 heterocycles. The van der Waals surface area contributed by atoms with Crippen molar-refractivity contribution in [3.8, 4) is 0 Å². The van der Waals surface area contributed by atoms with Crippen LogP contribution in [0, 0.1) is 0 Å². The van der Waals surface area contributed by atoms with Crippen LogP contribution in [0.1, 0.15) is 31.9 Å². The summed E-state index contributed by atoms with van der Waals surface area (Å²) < 4.78 is 5.21. The summed E-state index contributed by atoms with van der Waals surface area (Å²) in [5.74, 6) is 0. The molecule has 0 bridgehead atoms. The Morgan fingerprint density at radius 2 is 2.18 bits per heavy atom. The van der Waals surface area contributed by atoms with Crippen LogP contribution in [0.4, 0.5) is 10.5 Å². The Balaban J connectivity index is 1.83. The first-order valence-electron chi connectivity index (χ1n) is 7.50. The number of nitrogen functional groups attached to an aromatic ring is 1. The number of alkyl carbamates (subject to hydrolysis) is 1. The van der Waals surface area contributed by atoms with Crippen molar-refractivity contribution in [1.82, 2.24) is 10.2 Å². The topological polar surface area (TPSA) is 67.6 Å². The minimum atomic E-state index is -0.470. The van der Waals surface area contributed by atoms with E-state index in [4.69, 9.17) is 22.1 Å². The summed E-state index contributed by atoms with van der Waals surface area (Å²) >= 11 is 6.06. The molecule has 3 N–H and O–H groups in total. The molecule has 1 amide bonds. The van der Waals surface area contributed by atoms with Crippen LogP contribution in [0.3, 0.4) is 0 Å². The van der Waals surface area contributed by atoms with E-state index in [2.05, 4.69) is 10.2 Å². The third-order valence-corrected chi connectivity index (χ3v) is 3.73. The number of nitrogens with zero attached hydrogens (tertiary/aromatic N) is 1. The number of benzene rings is 1. The Hall–Kier alpha value is -1.46. The van der Waals surface area contributed by atoms with Crippen LogP contribution >= 0.6 is 11.6 Å². The molecule has 0 radical (unpaired) electrons. The first kappa shape index (κ1) is 16.9. The van der Waals surface area contributed by atoms with E-state index in [9.17, 15) is 4.79 Å². The average Bonchev–Trinajstić information content (AvgIpc) is 2.35. The van der Waals surface area contributed by atoms with Crippen LogP contribution in [-0.2, 0) is 17.7 Å². The molecule has 1 aromatic carbocycles. The van der Waals surface area contributed by atoms with Gasteiger partial charge in [-0.15, -0.1) is 0 Å².